The van der Waals surface area contributed by atoms with Gasteiger partial charge in [0.15, 0.2) is 5.96 Å². The highest BCUT2D eigenvalue weighted by molar-refractivity contribution is 9.10. The largest absolute Gasteiger partial charge is 0.508 e. The summed E-state index contributed by atoms with van der Waals surface area (Å²) in [6.07, 6.45) is 0. The molecule has 146 valence electrons. The molecule has 0 spiro atoms. The van der Waals surface area contributed by atoms with Crippen LogP contribution in [0.2, 0.25) is 0 Å². The number of nitrogens with one attached hydrogen (secondary N) is 1. The van der Waals surface area contributed by atoms with Gasteiger partial charge in [0, 0.05) is 35.4 Å². The fourth-order valence-electron chi connectivity index (χ4n) is 2.45. The maximum absolute atomic E-state index is 14.1. The Hall–Kier alpha value is -2.12. The summed E-state index contributed by atoms with van der Waals surface area (Å²) in [6.45, 7) is 4.70. The van der Waals surface area contributed by atoms with Gasteiger partial charge in [-0.1, -0.05) is 15.9 Å². The molecule has 0 atom stereocenters. The zero-order chi connectivity index (χ0) is 19.8. The topological polar surface area (TPSA) is 51.1 Å². The first-order chi connectivity index (χ1) is 12.9. The number of rotatable bonds is 7. The molecule has 0 saturated carbocycles. The van der Waals surface area contributed by atoms with Crippen molar-refractivity contribution in [1.82, 2.24) is 9.80 Å². The second-order valence-electron chi connectivity index (χ2n) is 6.43. The smallest absolute Gasteiger partial charge is 0.198 e. The second-order valence-corrected chi connectivity index (χ2v) is 7.35. The first-order valence-corrected chi connectivity index (χ1v) is 9.62. The van der Waals surface area contributed by atoms with Gasteiger partial charge in [0.1, 0.15) is 11.6 Å². The number of likely N-dealkylation sites (N-methyl/N-ethyl adjacent to an activating group) is 2. The van der Waals surface area contributed by atoms with Gasteiger partial charge >= 0.3 is 0 Å². The van der Waals surface area contributed by atoms with E-state index in [1.807, 2.05) is 14.1 Å². The van der Waals surface area contributed by atoms with Gasteiger partial charge in [-0.05, 0) is 63.5 Å². The average molecular weight is 437 g/mol. The maximum Gasteiger partial charge on any atom is 0.198 e. The Labute approximate surface area is 168 Å². The molecule has 0 saturated heterocycles. The van der Waals surface area contributed by atoms with Gasteiger partial charge in [-0.2, -0.15) is 0 Å². The van der Waals surface area contributed by atoms with Crippen molar-refractivity contribution >= 4 is 27.6 Å². The van der Waals surface area contributed by atoms with Crippen molar-refractivity contribution in [3.63, 3.8) is 0 Å². The predicted octanol–water partition coefficient (Wildman–Crippen LogP) is 4.15. The van der Waals surface area contributed by atoms with E-state index in [4.69, 9.17) is 0 Å². The molecule has 0 fully saturated rings. The molecule has 0 amide bonds. The monoisotopic (exact) mass is 436 g/mol. The second kappa shape index (κ2) is 10.3. The van der Waals surface area contributed by atoms with E-state index in [0.29, 0.717) is 11.5 Å². The molecule has 7 heteroatoms. The van der Waals surface area contributed by atoms with Crippen LogP contribution in [0, 0.1) is 5.82 Å². The molecule has 5 nitrogen and oxygen atoms in total. The summed E-state index contributed by atoms with van der Waals surface area (Å²) in [6, 6.07) is 11.6. The molecule has 27 heavy (non-hydrogen) atoms. The lowest BCUT2D eigenvalue weighted by atomic mass is 10.2. The molecule has 0 heterocycles. The van der Waals surface area contributed by atoms with Gasteiger partial charge in [0.2, 0.25) is 0 Å². The van der Waals surface area contributed by atoms with Crippen LogP contribution in [0.3, 0.4) is 0 Å². The van der Waals surface area contributed by atoms with Crippen LogP contribution in [-0.2, 0) is 6.54 Å². The van der Waals surface area contributed by atoms with E-state index >= 15 is 0 Å². The predicted molar refractivity (Wildman–Crippen MR) is 113 cm³/mol. The van der Waals surface area contributed by atoms with Crippen molar-refractivity contribution in [2.45, 2.75) is 13.5 Å². The highest BCUT2D eigenvalue weighted by Gasteiger charge is 2.12. The molecule has 0 radical (unpaired) electrons. The quantitative estimate of drug-likeness (QED) is 0.388. The van der Waals surface area contributed by atoms with Gasteiger partial charge in [0.25, 0.3) is 0 Å². The lowest BCUT2D eigenvalue weighted by molar-refractivity contribution is 0.336. The Balaban J connectivity index is 2.25. The molecule has 2 aromatic rings. The summed E-state index contributed by atoms with van der Waals surface area (Å²) in [5.41, 5.74) is 1.34. The van der Waals surface area contributed by atoms with Crippen molar-refractivity contribution < 1.29 is 9.50 Å². The van der Waals surface area contributed by atoms with Crippen LogP contribution >= 0.6 is 15.9 Å². The number of phenolic OH excluding ortho intramolecular Hbond substituents is 1. The zero-order valence-electron chi connectivity index (χ0n) is 15.9. The third kappa shape index (κ3) is 6.84. The van der Waals surface area contributed by atoms with Gasteiger partial charge in [-0.25, -0.2) is 9.38 Å². The SMILES string of the molecule is CCN(CCN(C)C)C(=NCc1cc(Br)ccc1F)Nc1ccc(O)cc1. The minimum Gasteiger partial charge on any atom is -0.508 e. The van der Waals surface area contributed by atoms with Gasteiger partial charge in [0.05, 0.1) is 6.54 Å². The van der Waals surface area contributed by atoms with Crippen LogP contribution in [0.25, 0.3) is 0 Å². The van der Waals surface area contributed by atoms with E-state index in [1.165, 1.54) is 6.07 Å². The Morgan fingerprint density at radius 2 is 1.85 bits per heavy atom. The van der Waals surface area contributed by atoms with Gasteiger partial charge in [-0.15, -0.1) is 0 Å². The van der Waals surface area contributed by atoms with Crippen molar-refractivity contribution in [2.75, 3.05) is 39.0 Å². The number of halogens is 2. The van der Waals surface area contributed by atoms with Crippen LogP contribution in [0.5, 0.6) is 5.75 Å². The summed E-state index contributed by atoms with van der Waals surface area (Å²) in [7, 11) is 4.05. The zero-order valence-corrected chi connectivity index (χ0v) is 17.5. The number of aromatic hydroxyl groups is 1. The Bertz CT molecular complexity index is 765. The molecule has 0 aliphatic heterocycles. The van der Waals surface area contributed by atoms with Crippen LogP contribution in [0.4, 0.5) is 10.1 Å². The maximum atomic E-state index is 14.1. The molecular formula is C20H26BrFN4O. The Morgan fingerprint density at radius 1 is 1.15 bits per heavy atom. The lowest BCUT2D eigenvalue weighted by Gasteiger charge is -2.27. The van der Waals surface area contributed by atoms with Crippen molar-refractivity contribution in [2.24, 2.45) is 4.99 Å². The summed E-state index contributed by atoms with van der Waals surface area (Å²) in [5.74, 6) is 0.599. The molecular weight excluding hydrogens is 411 g/mol. The summed E-state index contributed by atoms with van der Waals surface area (Å²) < 4.78 is 14.9. The number of hydrogen-bond donors (Lipinski definition) is 2. The Morgan fingerprint density at radius 3 is 2.48 bits per heavy atom. The normalized spacial score (nSPS) is 11.7. The van der Waals surface area contributed by atoms with Crippen LogP contribution in [0.15, 0.2) is 51.9 Å². The van der Waals surface area contributed by atoms with E-state index in [9.17, 15) is 9.50 Å². The number of anilines is 1. The first kappa shape index (κ1) is 21.2. The third-order valence-electron chi connectivity index (χ3n) is 4.03. The van der Waals surface area contributed by atoms with Gasteiger partial charge in [-0.3, -0.25) is 0 Å². The highest BCUT2D eigenvalue weighted by Crippen LogP contribution is 2.18. The van der Waals surface area contributed by atoms with Crippen LogP contribution in [-0.4, -0.2) is 54.6 Å². The van der Waals surface area contributed by atoms with Crippen molar-refractivity contribution in [3.8, 4) is 5.75 Å². The fraction of sp³-hybridized carbons (Fsp3) is 0.350. The minimum atomic E-state index is -0.276. The summed E-state index contributed by atoms with van der Waals surface area (Å²) in [4.78, 5) is 8.87. The average Bonchev–Trinajstić information content (AvgIpc) is 2.64. The number of benzene rings is 2. The van der Waals surface area contributed by atoms with Crippen molar-refractivity contribution in [3.05, 3.63) is 58.3 Å². The number of nitrogens with zero attached hydrogens (tertiary/aromatic N) is 3. The molecule has 0 aliphatic rings. The molecule has 0 unspecified atom stereocenters. The van der Waals surface area contributed by atoms with E-state index in [-0.39, 0.29) is 18.1 Å². The molecule has 0 aliphatic carbocycles. The van der Waals surface area contributed by atoms with Crippen LogP contribution in [0.1, 0.15) is 12.5 Å². The molecule has 0 aromatic heterocycles. The van der Waals surface area contributed by atoms with E-state index < -0.39 is 0 Å². The standard InChI is InChI=1S/C20H26BrFN4O/c1-4-26(12-11-25(2)3)20(24-17-6-8-18(27)9-7-17)23-14-15-13-16(21)5-10-19(15)22/h5-10,13,27H,4,11-12,14H2,1-3H3,(H,23,24). The summed E-state index contributed by atoms with van der Waals surface area (Å²) >= 11 is 3.38. The number of aliphatic imine (C=N–C) groups is 1. The molecule has 0 bridgehead atoms. The van der Waals surface area contributed by atoms with Gasteiger partial charge < -0.3 is 20.2 Å². The lowest BCUT2D eigenvalue weighted by Crippen LogP contribution is -2.40. The summed E-state index contributed by atoms with van der Waals surface area (Å²) in [5, 5.41) is 12.8. The van der Waals surface area contributed by atoms with Crippen LogP contribution < -0.4 is 5.32 Å². The number of phenols is 1. The van der Waals surface area contributed by atoms with E-state index in [0.717, 1.165) is 29.8 Å². The fourth-order valence-corrected chi connectivity index (χ4v) is 2.86. The minimum absolute atomic E-state index is 0.204. The van der Waals surface area contributed by atoms with E-state index in [1.54, 1.807) is 36.4 Å². The number of guanidine groups is 1. The van der Waals surface area contributed by atoms with Crippen molar-refractivity contribution in [1.29, 1.82) is 0 Å². The Kier molecular flexibility index (Phi) is 8.06. The molecule has 2 N–H and O–H groups in total. The van der Waals surface area contributed by atoms with E-state index in [2.05, 4.69) is 43.0 Å². The molecule has 2 rings (SSSR count). The first-order valence-electron chi connectivity index (χ1n) is 8.83. The third-order valence-corrected chi connectivity index (χ3v) is 4.52. The highest BCUT2D eigenvalue weighted by atomic mass is 79.9. The number of hydrogen-bond acceptors (Lipinski definition) is 3. The molecule has 2 aromatic carbocycles.